The highest BCUT2D eigenvalue weighted by molar-refractivity contribution is 6.30. The van der Waals surface area contributed by atoms with Gasteiger partial charge in [-0.3, -0.25) is 0 Å². The van der Waals surface area contributed by atoms with Gasteiger partial charge in [0.05, 0.1) is 0 Å². The van der Waals surface area contributed by atoms with E-state index in [0.717, 1.165) is 17.9 Å². The minimum Gasteiger partial charge on any atom is -0.0843 e. The molecule has 1 rings (SSSR count). The summed E-state index contributed by atoms with van der Waals surface area (Å²) in [5.74, 6) is 0. The summed E-state index contributed by atoms with van der Waals surface area (Å²) in [7, 11) is 0. The van der Waals surface area contributed by atoms with Crippen molar-refractivity contribution in [3.8, 4) is 0 Å². The van der Waals surface area contributed by atoms with E-state index in [9.17, 15) is 0 Å². The second-order valence-corrected chi connectivity index (χ2v) is 2.72. The highest BCUT2D eigenvalue weighted by Gasteiger charge is 1.90. The molecule has 1 aromatic rings. The van der Waals surface area contributed by atoms with Gasteiger partial charge in [0.25, 0.3) is 0 Å². The molecule has 0 nitrogen and oxygen atoms in total. The summed E-state index contributed by atoms with van der Waals surface area (Å²) in [5, 5.41) is 0.808. The average molecular weight is 154 g/mol. The van der Waals surface area contributed by atoms with Crippen LogP contribution in [0, 0.1) is 6.07 Å². The van der Waals surface area contributed by atoms with E-state index in [1.807, 2.05) is 18.2 Å². The lowest BCUT2D eigenvalue weighted by molar-refractivity contribution is 0.920. The molecular weight excluding hydrogens is 144 g/mol. The van der Waals surface area contributed by atoms with Crippen LogP contribution in [0.1, 0.15) is 18.9 Å². The lowest BCUT2D eigenvalue weighted by Gasteiger charge is -1.96. The molecule has 10 heavy (non-hydrogen) atoms. The Morgan fingerprint density at radius 2 is 2.40 bits per heavy atom. The first-order valence-corrected chi connectivity index (χ1v) is 3.87. The number of hydrogen-bond acceptors (Lipinski definition) is 0. The summed E-state index contributed by atoms with van der Waals surface area (Å²) in [6.07, 6.45) is 2.22. The van der Waals surface area contributed by atoms with Gasteiger partial charge < -0.3 is 0 Å². The van der Waals surface area contributed by atoms with Crippen molar-refractivity contribution in [1.29, 1.82) is 0 Å². The molecular formula is C9H10Cl. The molecule has 0 fully saturated rings. The van der Waals surface area contributed by atoms with Crippen molar-refractivity contribution in [2.24, 2.45) is 0 Å². The van der Waals surface area contributed by atoms with Gasteiger partial charge in [-0.2, -0.15) is 0 Å². The van der Waals surface area contributed by atoms with Gasteiger partial charge in [0.15, 0.2) is 0 Å². The third-order valence-corrected chi connectivity index (χ3v) is 1.58. The molecule has 0 atom stereocenters. The maximum absolute atomic E-state index is 5.76. The molecule has 0 spiro atoms. The third kappa shape index (κ3) is 2.03. The van der Waals surface area contributed by atoms with Crippen molar-refractivity contribution >= 4 is 11.6 Å². The lowest BCUT2D eigenvalue weighted by atomic mass is 10.1. The summed E-state index contributed by atoms with van der Waals surface area (Å²) in [4.78, 5) is 0. The fourth-order valence-corrected chi connectivity index (χ4v) is 1.09. The molecule has 0 saturated carbocycles. The normalized spacial score (nSPS) is 9.80. The number of benzene rings is 1. The fourth-order valence-electron chi connectivity index (χ4n) is 0.898. The van der Waals surface area contributed by atoms with E-state index in [1.165, 1.54) is 5.56 Å². The maximum atomic E-state index is 5.76. The van der Waals surface area contributed by atoms with Gasteiger partial charge >= 0.3 is 0 Å². The van der Waals surface area contributed by atoms with Crippen LogP contribution in [0.2, 0.25) is 5.02 Å². The Morgan fingerprint density at radius 1 is 1.60 bits per heavy atom. The fraction of sp³-hybridized carbons (Fsp3) is 0.333. The molecule has 0 unspecified atom stereocenters. The predicted molar refractivity (Wildman–Crippen MR) is 44.3 cm³/mol. The van der Waals surface area contributed by atoms with Gasteiger partial charge in [-0.05, 0) is 30.2 Å². The van der Waals surface area contributed by atoms with Crippen molar-refractivity contribution in [3.63, 3.8) is 0 Å². The zero-order chi connectivity index (χ0) is 7.40. The van der Waals surface area contributed by atoms with Gasteiger partial charge in [0.1, 0.15) is 0 Å². The van der Waals surface area contributed by atoms with Gasteiger partial charge in [-0.1, -0.05) is 31.0 Å². The molecule has 0 N–H and O–H groups in total. The Morgan fingerprint density at radius 3 is 3.00 bits per heavy atom. The van der Waals surface area contributed by atoms with Crippen LogP contribution >= 0.6 is 11.6 Å². The Balaban J connectivity index is 2.75. The van der Waals surface area contributed by atoms with Crippen molar-refractivity contribution < 1.29 is 0 Å². The Bertz CT molecular complexity index is 206. The van der Waals surface area contributed by atoms with Crippen LogP contribution in [0.3, 0.4) is 0 Å². The van der Waals surface area contributed by atoms with Gasteiger partial charge in [-0.25, -0.2) is 0 Å². The molecule has 0 saturated heterocycles. The number of rotatable bonds is 2. The lowest BCUT2D eigenvalue weighted by Crippen LogP contribution is -1.81. The topological polar surface area (TPSA) is 0 Å². The second-order valence-electron chi connectivity index (χ2n) is 2.28. The molecule has 0 aliphatic rings. The van der Waals surface area contributed by atoms with Gasteiger partial charge in [0.2, 0.25) is 0 Å². The van der Waals surface area contributed by atoms with Crippen molar-refractivity contribution in [2.75, 3.05) is 0 Å². The summed E-state index contributed by atoms with van der Waals surface area (Å²) < 4.78 is 0. The van der Waals surface area contributed by atoms with Crippen LogP contribution < -0.4 is 0 Å². The monoisotopic (exact) mass is 153 g/mol. The zero-order valence-electron chi connectivity index (χ0n) is 6.02. The average Bonchev–Trinajstić information content (AvgIpc) is 1.88. The molecule has 53 valence electrons. The van der Waals surface area contributed by atoms with E-state index in [2.05, 4.69) is 13.0 Å². The Kier molecular flexibility index (Phi) is 2.76. The standard InChI is InChI=1S/C9H10Cl/c1-2-4-8-5-3-6-9(10)7-8/h3,6-7H,2,4H2,1H3. The minimum atomic E-state index is 0.808. The molecule has 1 aromatic carbocycles. The molecule has 0 aliphatic heterocycles. The third-order valence-electron chi connectivity index (χ3n) is 1.34. The first kappa shape index (κ1) is 7.62. The highest BCUT2D eigenvalue weighted by atomic mass is 35.5. The van der Waals surface area contributed by atoms with Crippen LogP contribution in [0.25, 0.3) is 0 Å². The van der Waals surface area contributed by atoms with E-state index < -0.39 is 0 Å². The summed E-state index contributed by atoms with van der Waals surface area (Å²) in [6, 6.07) is 8.81. The van der Waals surface area contributed by atoms with Crippen LogP contribution in [-0.2, 0) is 6.42 Å². The molecule has 0 amide bonds. The van der Waals surface area contributed by atoms with Crippen LogP contribution in [0.4, 0.5) is 0 Å². The van der Waals surface area contributed by atoms with Crippen LogP contribution in [0.15, 0.2) is 18.2 Å². The summed E-state index contributed by atoms with van der Waals surface area (Å²) in [5.41, 5.74) is 1.20. The molecule has 0 bridgehead atoms. The van der Waals surface area contributed by atoms with E-state index in [4.69, 9.17) is 11.6 Å². The number of aryl methyl sites for hydroxylation is 1. The first-order valence-electron chi connectivity index (χ1n) is 3.49. The van der Waals surface area contributed by atoms with E-state index in [0.29, 0.717) is 0 Å². The SMILES string of the molecule is CCCc1[c]ccc(Cl)c1. The zero-order valence-corrected chi connectivity index (χ0v) is 6.78. The minimum absolute atomic E-state index is 0.808. The van der Waals surface area contributed by atoms with E-state index >= 15 is 0 Å². The van der Waals surface area contributed by atoms with Gasteiger partial charge in [0, 0.05) is 5.02 Å². The first-order chi connectivity index (χ1) is 4.83. The molecule has 0 heterocycles. The Hall–Kier alpha value is -0.490. The Labute approximate surface area is 66.8 Å². The maximum Gasteiger partial charge on any atom is 0.0409 e. The summed E-state index contributed by atoms with van der Waals surface area (Å²) in [6.45, 7) is 2.15. The van der Waals surface area contributed by atoms with Crippen LogP contribution in [0.5, 0.6) is 0 Å². The van der Waals surface area contributed by atoms with Crippen LogP contribution in [-0.4, -0.2) is 0 Å². The largest absolute Gasteiger partial charge is 0.0843 e. The molecule has 1 radical (unpaired) electrons. The summed E-state index contributed by atoms with van der Waals surface area (Å²) >= 11 is 5.76. The van der Waals surface area contributed by atoms with Crippen molar-refractivity contribution in [2.45, 2.75) is 19.8 Å². The molecule has 0 aliphatic carbocycles. The van der Waals surface area contributed by atoms with E-state index in [-0.39, 0.29) is 0 Å². The highest BCUT2D eigenvalue weighted by Crippen LogP contribution is 2.10. The smallest absolute Gasteiger partial charge is 0.0409 e. The number of hydrogen-bond donors (Lipinski definition) is 0. The number of halogens is 1. The van der Waals surface area contributed by atoms with Crippen molar-refractivity contribution in [3.05, 3.63) is 34.9 Å². The van der Waals surface area contributed by atoms with Crippen molar-refractivity contribution in [1.82, 2.24) is 0 Å². The van der Waals surface area contributed by atoms with Gasteiger partial charge in [-0.15, -0.1) is 0 Å². The second kappa shape index (κ2) is 3.62. The molecule has 0 aromatic heterocycles. The predicted octanol–water partition coefficient (Wildman–Crippen LogP) is 3.09. The van der Waals surface area contributed by atoms with E-state index in [1.54, 1.807) is 0 Å². The quantitative estimate of drug-likeness (QED) is 0.613. The molecule has 1 heteroatoms.